The molecule has 3 heterocycles. The lowest BCUT2D eigenvalue weighted by molar-refractivity contribution is 0.0985. The van der Waals surface area contributed by atoms with Crippen molar-refractivity contribution in [1.29, 1.82) is 0 Å². The molecule has 1 aromatic heterocycles. The Balaban J connectivity index is 1.59. The van der Waals surface area contributed by atoms with E-state index in [0.29, 0.717) is 0 Å². The summed E-state index contributed by atoms with van der Waals surface area (Å²) in [6.07, 6.45) is 2.75. The van der Waals surface area contributed by atoms with E-state index in [1.54, 1.807) is 11.3 Å². The highest BCUT2D eigenvalue weighted by Gasteiger charge is 2.30. The average molecular weight is 266 g/mol. The molecule has 0 aromatic carbocycles. The second-order valence-electron chi connectivity index (χ2n) is 5.53. The molecule has 0 spiro atoms. The van der Waals surface area contributed by atoms with Crippen molar-refractivity contribution in [3.05, 3.63) is 16.1 Å². The number of piperazine rings is 1. The largest absolute Gasteiger partial charge is 0.322 e. The minimum absolute atomic E-state index is 0.0652. The van der Waals surface area contributed by atoms with Crippen LogP contribution in [0.3, 0.4) is 0 Å². The maximum Gasteiger partial charge on any atom is 0.109 e. The van der Waals surface area contributed by atoms with Crippen LogP contribution in [-0.2, 0) is 6.54 Å². The number of hydrogen-bond acceptors (Lipinski definition) is 5. The van der Waals surface area contributed by atoms with E-state index >= 15 is 0 Å². The van der Waals surface area contributed by atoms with Gasteiger partial charge in [0.1, 0.15) is 5.01 Å². The predicted octanol–water partition coefficient (Wildman–Crippen LogP) is 1.44. The molecule has 2 atom stereocenters. The van der Waals surface area contributed by atoms with Crippen molar-refractivity contribution in [2.24, 2.45) is 5.73 Å². The number of rotatable bonds is 3. The summed E-state index contributed by atoms with van der Waals surface area (Å²) in [7, 11) is 0. The first-order chi connectivity index (χ1) is 8.72. The van der Waals surface area contributed by atoms with E-state index < -0.39 is 0 Å². The molecule has 2 unspecified atom stereocenters. The van der Waals surface area contributed by atoms with E-state index in [1.165, 1.54) is 44.7 Å². The van der Waals surface area contributed by atoms with Crippen molar-refractivity contribution in [2.45, 2.75) is 38.4 Å². The Morgan fingerprint density at radius 3 is 3.17 bits per heavy atom. The van der Waals surface area contributed by atoms with Crippen LogP contribution in [0.15, 0.2) is 5.38 Å². The summed E-state index contributed by atoms with van der Waals surface area (Å²) in [5.74, 6) is 0. The number of nitrogens with zero attached hydrogens (tertiary/aromatic N) is 3. The standard InChI is InChI=1S/C13H22N4S/c1-10(14)13-15-11(9-18-13)7-16-5-6-17-4-2-3-12(17)8-16/h9-10,12H,2-8,14H2,1H3. The molecule has 2 aliphatic rings. The normalized spacial score (nSPS) is 27.3. The SMILES string of the molecule is CC(N)c1nc(CN2CCN3CCCC3C2)cs1. The number of nitrogens with two attached hydrogens (primary N) is 1. The molecule has 2 fully saturated rings. The van der Waals surface area contributed by atoms with Gasteiger partial charge in [-0.1, -0.05) is 0 Å². The highest BCUT2D eigenvalue weighted by atomic mass is 32.1. The van der Waals surface area contributed by atoms with E-state index in [9.17, 15) is 0 Å². The van der Waals surface area contributed by atoms with Crippen LogP contribution in [0.1, 0.15) is 36.5 Å². The number of thiazole rings is 1. The molecule has 100 valence electrons. The third kappa shape index (κ3) is 2.59. The average Bonchev–Trinajstić information content (AvgIpc) is 2.96. The number of hydrogen-bond donors (Lipinski definition) is 1. The van der Waals surface area contributed by atoms with Crippen molar-refractivity contribution in [3.63, 3.8) is 0 Å². The Morgan fingerprint density at radius 2 is 2.39 bits per heavy atom. The Bertz CT molecular complexity index is 403. The summed E-state index contributed by atoms with van der Waals surface area (Å²) in [5, 5.41) is 3.23. The third-order valence-corrected chi connectivity index (χ3v) is 5.11. The molecule has 2 aliphatic heterocycles. The van der Waals surface area contributed by atoms with Crippen LogP contribution in [0.4, 0.5) is 0 Å². The fraction of sp³-hybridized carbons (Fsp3) is 0.769. The van der Waals surface area contributed by atoms with E-state index in [1.807, 2.05) is 6.92 Å². The van der Waals surface area contributed by atoms with E-state index in [2.05, 4.69) is 20.2 Å². The van der Waals surface area contributed by atoms with Gasteiger partial charge in [0.05, 0.1) is 11.7 Å². The lowest BCUT2D eigenvalue weighted by atomic mass is 10.1. The molecule has 0 saturated carbocycles. The minimum atomic E-state index is 0.0652. The van der Waals surface area contributed by atoms with Crippen LogP contribution in [0.2, 0.25) is 0 Å². The summed E-state index contributed by atoms with van der Waals surface area (Å²) in [6.45, 7) is 7.93. The second-order valence-corrected chi connectivity index (χ2v) is 6.42. The van der Waals surface area contributed by atoms with E-state index in [0.717, 1.165) is 17.6 Å². The first-order valence-electron chi connectivity index (χ1n) is 6.88. The Labute approximate surface area is 113 Å². The highest BCUT2D eigenvalue weighted by Crippen LogP contribution is 2.23. The van der Waals surface area contributed by atoms with Crippen LogP contribution >= 0.6 is 11.3 Å². The molecule has 2 N–H and O–H groups in total. The van der Waals surface area contributed by atoms with Gasteiger partial charge in [0, 0.05) is 37.6 Å². The molecule has 18 heavy (non-hydrogen) atoms. The summed E-state index contributed by atoms with van der Waals surface area (Å²) in [6, 6.07) is 0.862. The Kier molecular flexibility index (Phi) is 3.66. The summed E-state index contributed by atoms with van der Waals surface area (Å²) < 4.78 is 0. The van der Waals surface area contributed by atoms with Gasteiger partial charge < -0.3 is 5.73 Å². The van der Waals surface area contributed by atoms with Gasteiger partial charge in [-0.25, -0.2) is 4.98 Å². The van der Waals surface area contributed by atoms with Crippen molar-refractivity contribution in [3.8, 4) is 0 Å². The van der Waals surface area contributed by atoms with Gasteiger partial charge in [-0.05, 0) is 26.3 Å². The molecule has 1 aromatic rings. The van der Waals surface area contributed by atoms with Crippen LogP contribution < -0.4 is 5.73 Å². The maximum atomic E-state index is 5.86. The summed E-state index contributed by atoms with van der Waals surface area (Å²) >= 11 is 1.69. The topological polar surface area (TPSA) is 45.4 Å². The van der Waals surface area contributed by atoms with Crippen LogP contribution in [-0.4, -0.2) is 47.0 Å². The smallest absolute Gasteiger partial charge is 0.109 e. The Morgan fingerprint density at radius 1 is 1.50 bits per heavy atom. The molecule has 4 nitrogen and oxygen atoms in total. The fourth-order valence-electron chi connectivity index (χ4n) is 3.03. The van der Waals surface area contributed by atoms with Gasteiger partial charge >= 0.3 is 0 Å². The first kappa shape index (κ1) is 12.5. The third-order valence-electron chi connectivity index (χ3n) is 4.02. The van der Waals surface area contributed by atoms with Crippen molar-refractivity contribution in [1.82, 2.24) is 14.8 Å². The van der Waals surface area contributed by atoms with Crippen LogP contribution in [0, 0.1) is 0 Å². The Hall–Kier alpha value is -0.490. The lowest BCUT2D eigenvalue weighted by Gasteiger charge is -2.37. The zero-order valence-corrected chi connectivity index (χ0v) is 11.8. The molecule has 0 amide bonds. The zero-order chi connectivity index (χ0) is 12.5. The molecular weight excluding hydrogens is 244 g/mol. The molecular formula is C13H22N4S. The van der Waals surface area contributed by atoms with E-state index in [4.69, 9.17) is 5.73 Å². The van der Waals surface area contributed by atoms with Crippen LogP contribution in [0.5, 0.6) is 0 Å². The summed E-state index contributed by atoms with van der Waals surface area (Å²) in [5.41, 5.74) is 7.05. The zero-order valence-electron chi connectivity index (χ0n) is 11.0. The van der Waals surface area contributed by atoms with Gasteiger partial charge in [0.2, 0.25) is 0 Å². The lowest BCUT2D eigenvalue weighted by Crippen LogP contribution is -2.49. The van der Waals surface area contributed by atoms with Gasteiger partial charge in [0.15, 0.2) is 0 Å². The van der Waals surface area contributed by atoms with Crippen LogP contribution in [0.25, 0.3) is 0 Å². The van der Waals surface area contributed by atoms with E-state index in [-0.39, 0.29) is 6.04 Å². The minimum Gasteiger partial charge on any atom is -0.322 e. The second kappa shape index (κ2) is 5.25. The molecule has 5 heteroatoms. The molecule has 2 saturated heterocycles. The van der Waals surface area contributed by atoms with Gasteiger partial charge in [-0.15, -0.1) is 11.3 Å². The molecule has 3 rings (SSSR count). The molecule has 0 aliphatic carbocycles. The van der Waals surface area contributed by atoms with Crippen molar-refractivity contribution < 1.29 is 0 Å². The summed E-state index contributed by atoms with van der Waals surface area (Å²) in [4.78, 5) is 9.82. The van der Waals surface area contributed by atoms with Crippen molar-refractivity contribution >= 4 is 11.3 Å². The highest BCUT2D eigenvalue weighted by molar-refractivity contribution is 7.09. The molecule has 0 radical (unpaired) electrons. The van der Waals surface area contributed by atoms with Gasteiger partial charge in [-0.2, -0.15) is 0 Å². The monoisotopic (exact) mass is 266 g/mol. The fourth-order valence-corrected chi connectivity index (χ4v) is 3.80. The maximum absolute atomic E-state index is 5.86. The predicted molar refractivity (Wildman–Crippen MR) is 74.6 cm³/mol. The van der Waals surface area contributed by atoms with Gasteiger partial charge in [0.25, 0.3) is 0 Å². The van der Waals surface area contributed by atoms with Crippen molar-refractivity contribution in [2.75, 3.05) is 26.2 Å². The number of aromatic nitrogens is 1. The first-order valence-corrected chi connectivity index (χ1v) is 7.76. The molecule has 0 bridgehead atoms. The quantitative estimate of drug-likeness (QED) is 0.899. The number of fused-ring (bicyclic) bond motifs is 1. The van der Waals surface area contributed by atoms with Gasteiger partial charge in [-0.3, -0.25) is 9.80 Å².